The van der Waals surface area contributed by atoms with E-state index in [1.807, 2.05) is 11.8 Å². The van der Waals surface area contributed by atoms with Crippen LogP contribution in [-0.4, -0.2) is 45.3 Å². The minimum atomic E-state index is -1.07. The number of aromatic nitrogens is 2. The third kappa shape index (κ3) is 3.34. The van der Waals surface area contributed by atoms with Crippen LogP contribution in [0.5, 0.6) is 0 Å². The molecule has 2 heterocycles. The first-order valence-corrected chi connectivity index (χ1v) is 8.12. The van der Waals surface area contributed by atoms with Crippen LogP contribution < -0.4 is 4.90 Å². The Morgan fingerprint density at radius 2 is 2.04 bits per heavy atom. The Morgan fingerprint density at radius 1 is 1.33 bits per heavy atom. The molecule has 0 aliphatic carbocycles. The Kier molecular flexibility index (Phi) is 4.69. The van der Waals surface area contributed by atoms with Gasteiger partial charge in [0.1, 0.15) is 0 Å². The number of hydrogen-bond donors (Lipinski definition) is 2. The Labute approximate surface area is 144 Å². The van der Waals surface area contributed by atoms with Crippen molar-refractivity contribution in [3.05, 3.63) is 40.7 Å². The molecule has 3 rings (SSSR count). The van der Waals surface area contributed by atoms with Crippen LogP contribution in [0.25, 0.3) is 11.1 Å². The zero-order chi connectivity index (χ0) is 17.3. The van der Waals surface area contributed by atoms with Crippen molar-refractivity contribution in [2.24, 2.45) is 0 Å². The Morgan fingerprint density at radius 3 is 2.67 bits per heavy atom. The van der Waals surface area contributed by atoms with Gasteiger partial charge in [-0.15, -0.1) is 0 Å². The lowest BCUT2D eigenvalue weighted by atomic mass is 10.00. The normalized spacial score (nSPS) is 17.8. The summed E-state index contributed by atoms with van der Waals surface area (Å²) in [5.74, 6) is -0.497. The number of hydrogen-bond acceptors (Lipinski definition) is 5. The van der Waals surface area contributed by atoms with E-state index < -0.39 is 5.97 Å². The summed E-state index contributed by atoms with van der Waals surface area (Å²) in [5.41, 5.74) is 2.38. The van der Waals surface area contributed by atoms with E-state index in [-0.39, 0.29) is 16.7 Å². The van der Waals surface area contributed by atoms with Gasteiger partial charge in [-0.25, -0.2) is 14.8 Å². The smallest absolute Gasteiger partial charge is 0.337 e. The third-order valence-electron chi connectivity index (χ3n) is 4.17. The van der Waals surface area contributed by atoms with E-state index >= 15 is 0 Å². The summed E-state index contributed by atoms with van der Waals surface area (Å²) in [6, 6.07) is 3.18. The largest absolute Gasteiger partial charge is 0.478 e. The standard InChI is InChI=1S/C17H18ClN3O3/c1-10-5-15(18)14(16(23)24)6-13(10)11-7-19-17(20-8-11)21-4-2-3-12(22)9-21/h5-8,12,22H,2-4,9H2,1H3,(H,23,24). The molecule has 2 aromatic rings. The van der Waals surface area contributed by atoms with Crippen molar-refractivity contribution in [2.75, 3.05) is 18.0 Å². The molecule has 1 saturated heterocycles. The van der Waals surface area contributed by atoms with Crippen LogP contribution >= 0.6 is 11.6 Å². The van der Waals surface area contributed by atoms with Crippen molar-refractivity contribution < 1.29 is 15.0 Å². The predicted molar refractivity (Wildman–Crippen MR) is 91.6 cm³/mol. The number of carbonyl (C=O) groups is 1. The van der Waals surface area contributed by atoms with Crippen LogP contribution in [0.15, 0.2) is 24.5 Å². The molecule has 7 heteroatoms. The molecule has 0 bridgehead atoms. The summed E-state index contributed by atoms with van der Waals surface area (Å²) in [7, 11) is 0. The fraction of sp³-hybridized carbons (Fsp3) is 0.353. The number of aliphatic hydroxyl groups is 1. The minimum Gasteiger partial charge on any atom is -0.478 e. The second-order valence-electron chi connectivity index (χ2n) is 5.97. The highest BCUT2D eigenvalue weighted by atomic mass is 35.5. The first kappa shape index (κ1) is 16.7. The second-order valence-corrected chi connectivity index (χ2v) is 6.37. The van der Waals surface area contributed by atoms with Crippen molar-refractivity contribution in [3.8, 4) is 11.1 Å². The first-order chi connectivity index (χ1) is 11.5. The number of benzene rings is 1. The zero-order valence-corrected chi connectivity index (χ0v) is 14.0. The Hall–Kier alpha value is -2.18. The molecule has 0 spiro atoms. The number of aryl methyl sites for hydroxylation is 1. The summed E-state index contributed by atoms with van der Waals surface area (Å²) < 4.78 is 0. The quantitative estimate of drug-likeness (QED) is 0.887. The number of rotatable bonds is 3. The maximum absolute atomic E-state index is 11.3. The van der Waals surface area contributed by atoms with E-state index in [9.17, 15) is 15.0 Å². The molecule has 1 unspecified atom stereocenters. The molecule has 1 fully saturated rings. The van der Waals surface area contributed by atoms with Gasteiger partial charge in [0, 0.05) is 31.0 Å². The number of carboxylic acid groups (broad SMARTS) is 1. The predicted octanol–water partition coefficient (Wildman–Crippen LogP) is 2.76. The number of piperidine rings is 1. The maximum Gasteiger partial charge on any atom is 0.337 e. The van der Waals surface area contributed by atoms with E-state index in [1.54, 1.807) is 24.5 Å². The van der Waals surface area contributed by atoms with Gasteiger partial charge in [-0.2, -0.15) is 0 Å². The van der Waals surface area contributed by atoms with E-state index in [4.69, 9.17) is 11.6 Å². The van der Waals surface area contributed by atoms with Crippen LogP contribution in [0.4, 0.5) is 5.95 Å². The van der Waals surface area contributed by atoms with Crippen LogP contribution in [-0.2, 0) is 0 Å². The highest BCUT2D eigenvalue weighted by molar-refractivity contribution is 6.33. The molecule has 1 aromatic carbocycles. The Balaban J connectivity index is 1.91. The average Bonchev–Trinajstić information content (AvgIpc) is 2.55. The Bertz CT molecular complexity index is 764. The highest BCUT2D eigenvalue weighted by Gasteiger charge is 2.20. The molecule has 1 atom stereocenters. The molecular weight excluding hydrogens is 330 g/mol. The maximum atomic E-state index is 11.3. The van der Waals surface area contributed by atoms with Gasteiger partial charge in [0.25, 0.3) is 0 Å². The lowest BCUT2D eigenvalue weighted by molar-refractivity contribution is 0.0697. The summed E-state index contributed by atoms with van der Waals surface area (Å²) in [6.45, 7) is 3.21. The fourth-order valence-electron chi connectivity index (χ4n) is 2.91. The summed E-state index contributed by atoms with van der Waals surface area (Å²) in [5, 5.41) is 19.2. The van der Waals surface area contributed by atoms with Crippen molar-refractivity contribution >= 4 is 23.5 Å². The topological polar surface area (TPSA) is 86.5 Å². The molecule has 0 amide bonds. The third-order valence-corrected chi connectivity index (χ3v) is 4.49. The van der Waals surface area contributed by atoms with Gasteiger partial charge >= 0.3 is 5.97 Å². The van der Waals surface area contributed by atoms with Gasteiger partial charge in [-0.3, -0.25) is 0 Å². The number of β-amino-alcohol motifs (C(OH)–C–C–N with tert-alkyl or cyclic N) is 1. The van der Waals surface area contributed by atoms with Crippen molar-refractivity contribution in [2.45, 2.75) is 25.9 Å². The number of halogens is 1. The lowest BCUT2D eigenvalue weighted by Gasteiger charge is -2.29. The van der Waals surface area contributed by atoms with Gasteiger partial charge in [-0.05, 0) is 43.0 Å². The van der Waals surface area contributed by atoms with Gasteiger partial charge in [0.15, 0.2) is 0 Å². The van der Waals surface area contributed by atoms with Crippen LogP contribution in [0.1, 0.15) is 28.8 Å². The van der Waals surface area contributed by atoms with Crippen LogP contribution in [0, 0.1) is 6.92 Å². The van der Waals surface area contributed by atoms with Crippen molar-refractivity contribution in [1.29, 1.82) is 0 Å². The molecule has 24 heavy (non-hydrogen) atoms. The molecule has 1 aromatic heterocycles. The molecule has 0 radical (unpaired) electrons. The summed E-state index contributed by atoms with van der Waals surface area (Å²) >= 11 is 5.98. The molecular formula is C17H18ClN3O3. The molecule has 1 aliphatic rings. The van der Waals surface area contributed by atoms with Crippen molar-refractivity contribution in [3.63, 3.8) is 0 Å². The molecule has 126 valence electrons. The molecule has 6 nitrogen and oxygen atoms in total. The zero-order valence-electron chi connectivity index (χ0n) is 13.2. The van der Waals surface area contributed by atoms with Crippen LogP contribution in [0.3, 0.4) is 0 Å². The minimum absolute atomic E-state index is 0.0560. The summed E-state index contributed by atoms with van der Waals surface area (Å²) in [4.78, 5) is 22.0. The highest BCUT2D eigenvalue weighted by Crippen LogP contribution is 2.29. The SMILES string of the molecule is Cc1cc(Cl)c(C(=O)O)cc1-c1cnc(N2CCCC(O)C2)nc1. The monoisotopic (exact) mass is 347 g/mol. The molecule has 1 aliphatic heterocycles. The van der Waals surface area contributed by atoms with Gasteiger partial charge < -0.3 is 15.1 Å². The number of aromatic carboxylic acids is 1. The average molecular weight is 348 g/mol. The van der Waals surface area contributed by atoms with Crippen LogP contribution in [0.2, 0.25) is 5.02 Å². The summed E-state index contributed by atoms with van der Waals surface area (Å²) in [6.07, 6.45) is 4.70. The second kappa shape index (κ2) is 6.75. The van der Waals surface area contributed by atoms with E-state index in [2.05, 4.69) is 9.97 Å². The van der Waals surface area contributed by atoms with E-state index in [1.165, 1.54) is 0 Å². The van der Waals surface area contributed by atoms with E-state index in [0.29, 0.717) is 12.5 Å². The van der Waals surface area contributed by atoms with E-state index in [0.717, 1.165) is 36.1 Å². The molecule has 0 saturated carbocycles. The molecule has 2 N–H and O–H groups in total. The number of anilines is 1. The first-order valence-electron chi connectivity index (χ1n) is 7.74. The number of aliphatic hydroxyl groups excluding tert-OH is 1. The fourth-order valence-corrected chi connectivity index (χ4v) is 3.21. The van der Waals surface area contributed by atoms with Crippen molar-refractivity contribution in [1.82, 2.24) is 9.97 Å². The van der Waals surface area contributed by atoms with Gasteiger partial charge in [0.2, 0.25) is 5.95 Å². The lowest BCUT2D eigenvalue weighted by Crippen LogP contribution is -2.39. The number of carboxylic acids is 1. The van der Waals surface area contributed by atoms with Gasteiger partial charge in [-0.1, -0.05) is 11.6 Å². The number of nitrogens with zero attached hydrogens (tertiary/aromatic N) is 3. The van der Waals surface area contributed by atoms with Gasteiger partial charge in [0.05, 0.1) is 16.7 Å².